The summed E-state index contributed by atoms with van der Waals surface area (Å²) < 4.78 is 0. The molecule has 3 heteroatoms. The second-order valence-electron chi connectivity index (χ2n) is 4.40. The van der Waals surface area contributed by atoms with E-state index >= 15 is 0 Å². The van der Waals surface area contributed by atoms with E-state index in [1.807, 2.05) is 6.92 Å². The molecule has 0 fully saturated rings. The van der Waals surface area contributed by atoms with Crippen molar-refractivity contribution >= 4 is 5.91 Å². The average Bonchev–Trinajstić information content (AvgIpc) is 2.28. The van der Waals surface area contributed by atoms with Gasteiger partial charge >= 0.3 is 0 Å². The molecule has 0 saturated heterocycles. The second kappa shape index (κ2) is 5.91. The lowest BCUT2D eigenvalue weighted by atomic mass is 9.97. The van der Waals surface area contributed by atoms with E-state index in [4.69, 9.17) is 5.73 Å². The Kier molecular flexibility index (Phi) is 4.82. The Morgan fingerprint density at radius 3 is 2.87 bits per heavy atom. The van der Waals surface area contributed by atoms with Crippen molar-refractivity contribution in [1.29, 1.82) is 0 Å². The minimum absolute atomic E-state index is 0.00431. The number of amides is 1. The number of carbonyl (C=O) groups is 1. The van der Waals surface area contributed by atoms with E-state index in [9.17, 15) is 4.79 Å². The van der Waals surface area contributed by atoms with Gasteiger partial charge in [-0.2, -0.15) is 0 Å². The first-order valence-electron chi connectivity index (χ1n) is 5.86. The van der Waals surface area contributed by atoms with Crippen molar-refractivity contribution in [1.82, 2.24) is 5.32 Å². The van der Waals surface area contributed by atoms with Gasteiger partial charge in [-0.25, -0.2) is 0 Å². The molecular weight excluding hydrogens is 188 g/mol. The van der Waals surface area contributed by atoms with Gasteiger partial charge in [0.25, 0.3) is 0 Å². The number of carbonyl (C=O) groups excluding carboxylic acids is 1. The van der Waals surface area contributed by atoms with E-state index in [1.165, 1.54) is 0 Å². The molecule has 3 N–H and O–H groups in total. The Morgan fingerprint density at radius 2 is 2.33 bits per heavy atom. The van der Waals surface area contributed by atoms with Crippen molar-refractivity contribution < 1.29 is 4.79 Å². The third-order valence-corrected chi connectivity index (χ3v) is 3.18. The number of hydrogen-bond acceptors (Lipinski definition) is 2. The van der Waals surface area contributed by atoms with Gasteiger partial charge in [-0.3, -0.25) is 4.79 Å². The van der Waals surface area contributed by atoms with Crippen LogP contribution >= 0.6 is 0 Å². The summed E-state index contributed by atoms with van der Waals surface area (Å²) in [5.41, 5.74) is 5.86. The van der Waals surface area contributed by atoms with Crippen LogP contribution in [0.5, 0.6) is 0 Å². The van der Waals surface area contributed by atoms with Crippen LogP contribution < -0.4 is 11.1 Å². The number of hydrogen-bond donors (Lipinski definition) is 2. The summed E-state index contributed by atoms with van der Waals surface area (Å²) in [5.74, 6) is 0.258. The standard InChI is InChI=1S/C12H22N2O/c1-3-9(2)11(13)12(15)14-10-7-5-4-6-8-10/h4-5,9-11H,3,6-8,13H2,1-2H3,(H,14,15)/t9?,10?,11-/m0/s1. The first kappa shape index (κ1) is 12.2. The fourth-order valence-electron chi connectivity index (χ4n) is 1.73. The molecule has 3 nitrogen and oxygen atoms in total. The van der Waals surface area contributed by atoms with E-state index in [1.54, 1.807) is 0 Å². The van der Waals surface area contributed by atoms with E-state index in [0.717, 1.165) is 25.7 Å². The predicted molar refractivity (Wildman–Crippen MR) is 62.4 cm³/mol. The lowest BCUT2D eigenvalue weighted by molar-refractivity contribution is -0.124. The molecule has 0 aromatic rings. The Morgan fingerprint density at radius 1 is 1.60 bits per heavy atom. The van der Waals surface area contributed by atoms with Crippen LogP contribution in [-0.2, 0) is 4.79 Å². The molecule has 1 amide bonds. The monoisotopic (exact) mass is 210 g/mol. The summed E-state index contributed by atoms with van der Waals surface area (Å²) in [4.78, 5) is 11.8. The molecule has 0 spiro atoms. The predicted octanol–water partition coefficient (Wildman–Crippen LogP) is 1.58. The van der Waals surface area contributed by atoms with Crippen molar-refractivity contribution in [2.75, 3.05) is 0 Å². The van der Waals surface area contributed by atoms with Gasteiger partial charge in [0, 0.05) is 6.04 Å². The van der Waals surface area contributed by atoms with Crippen LogP contribution in [0.3, 0.4) is 0 Å². The van der Waals surface area contributed by atoms with Crippen molar-refractivity contribution in [2.45, 2.75) is 51.6 Å². The first-order chi connectivity index (χ1) is 7.15. The quantitative estimate of drug-likeness (QED) is 0.692. The van der Waals surface area contributed by atoms with E-state index in [2.05, 4.69) is 24.4 Å². The van der Waals surface area contributed by atoms with Crippen molar-refractivity contribution in [2.24, 2.45) is 11.7 Å². The minimum Gasteiger partial charge on any atom is -0.352 e. The van der Waals surface area contributed by atoms with Gasteiger partial charge in [-0.05, 0) is 25.2 Å². The van der Waals surface area contributed by atoms with Gasteiger partial charge in [0.1, 0.15) is 0 Å². The normalized spacial score (nSPS) is 24.6. The van der Waals surface area contributed by atoms with Gasteiger partial charge in [-0.15, -0.1) is 0 Å². The summed E-state index contributed by atoms with van der Waals surface area (Å²) in [6, 6.07) is -0.0708. The topological polar surface area (TPSA) is 55.1 Å². The minimum atomic E-state index is -0.360. The Labute approximate surface area is 92.1 Å². The van der Waals surface area contributed by atoms with Gasteiger partial charge in [-0.1, -0.05) is 32.4 Å². The molecule has 1 aliphatic carbocycles. The van der Waals surface area contributed by atoms with Crippen LogP contribution in [0.1, 0.15) is 39.5 Å². The highest BCUT2D eigenvalue weighted by Gasteiger charge is 2.21. The molecule has 3 atom stereocenters. The van der Waals surface area contributed by atoms with Gasteiger partial charge in [0.15, 0.2) is 0 Å². The van der Waals surface area contributed by atoms with Crippen LogP contribution in [0.4, 0.5) is 0 Å². The third kappa shape index (κ3) is 3.67. The molecule has 0 heterocycles. The summed E-state index contributed by atoms with van der Waals surface area (Å²) in [7, 11) is 0. The molecule has 0 aromatic heterocycles. The smallest absolute Gasteiger partial charge is 0.237 e. The van der Waals surface area contributed by atoms with E-state index in [0.29, 0.717) is 0 Å². The van der Waals surface area contributed by atoms with Crippen LogP contribution in [0.25, 0.3) is 0 Å². The second-order valence-corrected chi connectivity index (χ2v) is 4.40. The van der Waals surface area contributed by atoms with Crippen molar-refractivity contribution in [3.63, 3.8) is 0 Å². The highest BCUT2D eigenvalue weighted by Crippen LogP contribution is 2.12. The maximum Gasteiger partial charge on any atom is 0.237 e. The fourth-order valence-corrected chi connectivity index (χ4v) is 1.73. The summed E-state index contributed by atoms with van der Waals surface area (Å²) in [5, 5.41) is 3.02. The largest absolute Gasteiger partial charge is 0.352 e. The van der Waals surface area contributed by atoms with Crippen LogP contribution in [0.15, 0.2) is 12.2 Å². The molecule has 0 bridgehead atoms. The molecule has 15 heavy (non-hydrogen) atoms. The van der Waals surface area contributed by atoms with Gasteiger partial charge in [0.05, 0.1) is 6.04 Å². The lowest BCUT2D eigenvalue weighted by Crippen LogP contribution is -2.48. The first-order valence-corrected chi connectivity index (χ1v) is 5.86. The fraction of sp³-hybridized carbons (Fsp3) is 0.750. The summed E-state index contributed by atoms with van der Waals surface area (Å²) >= 11 is 0. The molecule has 0 aliphatic heterocycles. The Hall–Kier alpha value is -0.830. The highest BCUT2D eigenvalue weighted by molar-refractivity contribution is 5.82. The molecule has 2 unspecified atom stereocenters. The number of nitrogens with one attached hydrogen (secondary N) is 1. The van der Waals surface area contributed by atoms with Crippen LogP contribution in [-0.4, -0.2) is 18.0 Å². The molecule has 1 rings (SSSR count). The highest BCUT2D eigenvalue weighted by atomic mass is 16.2. The van der Waals surface area contributed by atoms with Crippen LogP contribution in [0, 0.1) is 5.92 Å². The number of allylic oxidation sites excluding steroid dienone is 1. The Bertz CT molecular complexity index is 238. The van der Waals surface area contributed by atoms with Crippen molar-refractivity contribution in [3.8, 4) is 0 Å². The zero-order chi connectivity index (χ0) is 11.3. The third-order valence-electron chi connectivity index (χ3n) is 3.18. The molecule has 0 radical (unpaired) electrons. The van der Waals surface area contributed by atoms with Crippen molar-refractivity contribution in [3.05, 3.63) is 12.2 Å². The van der Waals surface area contributed by atoms with Crippen LogP contribution in [0.2, 0.25) is 0 Å². The Balaban J connectivity index is 2.37. The maximum atomic E-state index is 11.8. The molecule has 0 saturated carbocycles. The summed E-state index contributed by atoms with van der Waals surface area (Å²) in [6.07, 6.45) is 8.28. The van der Waals surface area contributed by atoms with Gasteiger partial charge < -0.3 is 11.1 Å². The molecule has 0 aromatic carbocycles. The molecular formula is C12H22N2O. The zero-order valence-corrected chi connectivity index (χ0v) is 9.70. The van der Waals surface area contributed by atoms with E-state index in [-0.39, 0.29) is 23.9 Å². The zero-order valence-electron chi connectivity index (χ0n) is 9.70. The lowest BCUT2D eigenvalue weighted by Gasteiger charge is -2.23. The summed E-state index contributed by atoms with van der Waals surface area (Å²) in [6.45, 7) is 4.08. The molecule has 86 valence electrons. The number of rotatable bonds is 4. The molecule has 1 aliphatic rings. The maximum absolute atomic E-state index is 11.8. The SMILES string of the molecule is CCC(C)[C@H](N)C(=O)NC1CC=CCC1. The van der Waals surface area contributed by atoms with E-state index < -0.39 is 0 Å². The van der Waals surface area contributed by atoms with Gasteiger partial charge in [0.2, 0.25) is 5.91 Å². The number of nitrogens with two attached hydrogens (primary N) is 1. The average molecular weight is 210 g/mol.